The Morgan fingerprint density at radius 2 is 1.57 bits per heavy atom. The summed E-state index contributed by atoms with van der Waals surface area (Å²) in [5.74, 6) is 0.175. The zero-order valence-corrected chi connectivity index (χ0v) is 15.3. The van der Waals surface area contributed by atoms with Gasteiger partial charge in [0, 0.05) is 31.9 Å². The van der Waals surface area contributed by atoms with Crippen LogP contribution in [0.4, 0.5) is 21.6 Å². The smallest absolute Gasteiger partial charge is 0.274 e. The molecule has 0 atom stereocenters. The Morgan fingerprint density at radius 3 is 2.25 bits per heavy atom. The van der Waals surface area contributed by atoms with E-state index in [4.69, 9.17) is 0 Å². The lowest BCUT2D eigenvalue weighted by Gasteiger charge is -2.36. The molecule has 1 N–H and O–H groups in total. The first-order valence-electron chi connectivity index (χ1n) is 9.15. The van der Waals surface area contributed by atoms with Crippen LogP contribution in [0.1, 0.15) is 10.5 Å². The summed E-state index contributed by atoms with van der Waals surface area (Å²) in [4.78, 5) is 16.4. The number of nitrogens with one attached hydrogen (secondary N) is 1. The minimum absolute atomic E-state index is 0.160. The normalized spacial score (nSPS) is 14.0. The van der Waals surface area contributed by atoms with Crippen molar-refractivity contribution in [2.75, 3.05) is 36.4 Å². The van der Waals surface area contributed by atoms with Crippen LogP contribution in [-0.2, 0) is 0 Å². The third kappa shape index (κ3) is 3.93. The van der Waals surface area contributed by atoms with Gasteiger partial charge >= 0.3 is 0 Å². The Bertz CT molecular complexity index is 941. The van der Waals surface area contributed by atoms with Crippen molar-refractivity contribution in [3.63, 3.8) is 0 Å². The number of para-hydroxylation sites is 2. The maximum Gasteiger partial charge on any atom is 0.274 e. The van der Waals surface area contributed by atoms with Crippen molar-refractivity contribution < 1.29 is 9.18 Å². The fourth-order valence-electron chi connectivity index (χ4n) is 3.20. The summed E-state index contributed by atoms with van der Waals surface area (Å²) in [7, 11) is 0. The highest BCUT2D eigenvalue weighted by Gasteiger charge is 2.24. The molecule has 3 aromatic rings. The third-order valence-electron chi connectivity index (χ3n) is 4.69. The lowest BCUT2D eigenvalue weighted by atomic mass is 10.2. The third-order valence-corrected chi connectivity index (χ3v) is 4.69. The van der Waals surface area contributed by atoms with Gasteiger partial charge in [0.15, 0.2) is 11.5 Å². The van der Waals surface area contributed by atoms with Crippen LogP contribution in [-0.4, -0.2) is 47.2 Å². The number of hydrogen-bond donors (Lipinski definition) is 1. The molecule has 1 aliphatic rings. The lowest BCUT2D eigenvalue weighted by Crippen LogP contribution is -2.49. The van der Waals surface area contributed by atoms with Crippen molar-refractivity contribution in [1.82, 2.24) is 15.1 Å². The van der Waals surface area contributed by atoms with Gasteiger partial charge in [0.05, 0.1) is 5.69 Å². The molecule has 0 unspecified atom stereocenters. The molecule has 7 heteroatoms. The second-order valence-electron chi connectivity index (χ2n) is 6.53. The van der Waals surface area contributed by atoms with Gasteiger partial charge in [0.25, 0.3) is 5.91 Å². The highest BCUT2D eigenvalue weighted by atomic mass is 19.1. The minimum atomic E-state index is -0.241. The molecule has 1 fully saturated rings. The Hall–Kier alpha value is -3.48. The number of nitrogens with zero attached hydrogens (tertiary/aromatic N) is 4. The van der Waals surface area contributed by atoms with E-state index in [0.29, 0.717) is 43.4 Å². The molecule has 1 saturated heterocycles. The first-order valence-corrected chi connectivity index (χ1v) is 9.15. The molecule has 2 heterocycles. The number of hydrogen-bond acceptors (Lipinski definition) is 5. The molecule has 0 radical (unpaired) electrons. The standard InChI is InChI=1S/C21H20FN5O/c22-17-8-4-5-9-19(17)26-12-14-27(15-13-26)21(28)18-10-11-20(25-24-18)23-16-6-2-1-3-7-16/h1-11H,12-15H2,(H,23,25). The van der Waals surface area contributed by atoms with Crippen LogP contribution in [0, 0.1) is 5.82 Å². The van der Waals surface area contributed by atoms with Gasteiger partial charge in [-0.05, 0) is 36.4 Å². The largest absolute Gasteiger partial charge is 0.366 e. The number of rotatable bonds is 4. The number of halogens is 1. The van der Waals surface area contributed by atoms with E-state index in [0.717, 1.165) is 5.69 Å². The van der Waals surface area contributed by atoms with Gasteiger partial charge < -0.3 is 15.1 Å². The zero-order chi connectivity index (χ0) is 19.3. The van der Waals surface area contributed by atoms with Crippen LogP contribution in [0.5, 0.6) is 0 Å². The van der Waals surface area contributed by atoms with Crippen LogP contribution < -0.4 is 10.2 Å². The van der Waals surface area contributed by atoms with Crippen molar-refractivity contribution in [2.24, 2.45) is 0 Å². The Morgan fingerprint density at radius 1 is 0.857 bits per heavy atom. The number of benzene rings is 2. The van der Waals surface area contributed by atoms with E-state index >= 15 is 0 Å². The fourth-order valence-corrected chi connectivity index (χ4v) is 3.20. The molecular weight excluding hydrogens is 357 g/mol. The van der Waals surface area contributed by atoms with Crippen molar-refractivity contribution in [3.05, 3.63) is 78.2 Å². The average molecular weight is 377 g/mol. The molecule has 0 bridgehead atoms. The van der Waals surface area contributed by atoms with E-state index in [9.17, 15) is 9.18 Å². The zero-order valence-electron chi connectivity index (χ0n) is 15.3. The summed E-state index contributed by atoms with van der Waals surface area (Å²) in [6.07, 6.45) is 0. The van der Waals surface area contributed by atoms with Gasteiger partial charge in [0.1, 0.15) is 5.82 Å². The molecule has 0 aliphatic carbocycles. The van der Waals surface area contributed by atoms with Crippen LogP contribution in [0.15, 0.2) is 66.7 Å². The van der Waals surface area contributed by atoms with E-state index in [1.54, 1.807) is 29.2 Å². The number of aromatic nitrogens is 2. The van der Waals surface area contributed by atoms with Gasteiger partial charge in [-0.2, -0.15) is 0 Å². The lowest BCUT2D eigenvalue weighted by molar-refractivity contribution is 0.0739. The predicted molar refractivity (Wildman–Crippen MR) is 106 cm³/mol. The van der Waals surface area contributed by atoms with E-state index in [1.165, 1.54) is 6.07 Å². The molecule has 28 heavy (non-hydrogen) atoms. The summed E-state index contributed by atoms with van der Waals surface area (Å²) in [6.45, 7) is 2.18. The monoisotopic (exact) mass is 377 g/mol. The van der Waals surface area contributed by atoms with E-state index < -0.39 is 0 Å². The molecule has 142 valence electrons. The second-order valence-corrected chi connectivity index (χ2v) is 6.53. The number of anilines is 3. The van der Waals surface area contributed by atoms with E-state index in [2.05, 4.69) is 15.5 Å². The first-order chi connectivity index (χ1) is 13.7. The fraction of sp³-hybridized carbons (Fsp3) is 0.190. The molecule has 6 nitrogen and oxygen atoms in total. The summed E-state index contributed by atoms with van der Waals surface area (Å²) >= 11 is 0. The predicted octanol–water partition coefficient (Wildman–Crippen LogP) is 3.32. The Kier molecular flexibility index (Phi) is 5.14. The minimum Gasteiger partial charge on any atom is -0.366 e. The molecule has 0 saturated carbocycles. The number of carbonyl (C=O) groups is 1. The Balaban J connectivity index is 1.37. The second kappa shape index (κ2) is 8.04. The molecular formula is C21H20FN5O. The number of carbonyl (C=O) groups excluding carboxylic acids is 1. The van der Waals surface area contributed by atoms with Crippen molar-refractivity contribution >= 4 is 23.1 Å². The van der Waals surface area contributed by atoms with Crippen LogP contribution >= 0.6 is 0 Å². The van der Waals surface area contributed by atoms with Crippen LogP contribution in [0.2, 0.25) is 0 Å². The topological polar surface area (TPSA) is 61.4 Å². The SMILES string of the molecule is O=C(c1ccc(Nc2ccccc2)nn1)N1CCN(c2ccccc2F)CC1. The summed E-state index contributed by atoms with van der Waals surface area (Å²) in [5.41, 5.74) is 1.78. The van der Waals surface area contributed by atoms with Crippen molar-refractivity contribution in [3.8, 4) is 0 Å². The molecule has 1 aliphatic heterocycles. The molecule has 0 spiro atoms. The Labute approximate surface area is 162 Å². The summed E-state index contributed by atoms with van der Waals surface area (Å²) in [5, 5.41) is 11.3. The van der Waals surface area contributed by atoms with Crippen molar-refractivity contribution in [1.29, 1.82) is 0 Å². The van der Waals surface area contributed by atoms with E-state index in [-0.39, 0.29) is 11.7 Å². The quantitative estimate of drug-likeness (QED) is 0.756. The van der Waals surface area contributed by atoms with Gasteiger partial charge in [-0.1, -0.05) is 30.3 Å². The van der Waals surface area contributed by atoms with Crippen LogP contribution in [0.25, 0.3) is 0 Å². The summed E-state index contributed by atoms with van der Waals surface area (Å²) < 4.78 is 13.9. The molecule has 1 aromatic heterocycles. The van der Waals surface area contributed by atoms with Crippen LogP contribution in [0.3, 0.4) is 0 Å². The number of amides is 1. The molecule has 2 aromatic carbocycles. The molecule has 4 rings (SSSR count). The maximum atomic E-state index is 13.9. The first kappa shape index (κ1) is 17.9. The highest BCUT2D eigenvalue weighted by Crippen LogP contribution is 2.21. The molecule has 1 amide bonds. The van der Waals surface area contributed by atoms with Gasteiger partial charge in [-0.15, -0.1) is 10.2 Å². The number of piperazine rings is 1. The van der Waals surface area contributed by atoms with Gasteiger partial charge in [-0.3, -0.25) is 4.79 Å². The highest BCUT2D eigenvalue weighted by molar-refractivity contribution is 5.92. The summed E-state index contributed by atoms with van der Waals surface area (Å²) in [6, 6.07) is 19.8. The van der Waals surface area contributed by atoms with Gasteiger partial charge in [0.2, 0.25) is 0 Å². The van der Waals surface area contributed by atoms with Gasteiger partial charge in [-0.25, -0.2) is 4.39 Å². The van der Waals surface area contributed by atoms with Crippen molar-refractivity contribution in [2.45, 2.75) is 0 Å². The van der Waals surface area contributed by atoms with E-state index in [1.807, 2.05) is 41.3 Å². The maximum absolute atomic E-state index is 13.9. The average Bonchev–Trinajstić information content (AvgIpc) is 2.75.